The molecule has 12 heteroatoms. The van der Waals surface area contributed by atoms with Crippen LogP contribution < -0.4 is 16.0 Å². The van der Waals surface area contributed by atoms with Crippen molar-refractivity contribution in [1.82, 2.24) is 25.1 Å². The molecule has 1 saturated heterocycles. The first kappa shape index (κ1) is 25.9. The Morgan fingerprint density at radius 2 is 1.97 bits per heavy atom. The molecule has 1 fully saturated rings. The van der Waals surface area contributed by atoms with E-state index < -0.39 is 41.4 Å². The minimum Gasteiger partial charge on any atom is -0.444 e. The molecule has 0 radical (unpaired) electrons. The zero-order valence-corrected chi connectivity index (χ0v) is 21.0. The predicted octanol–water partition coefficient (Wildman–Crippen LogP) is 1.81. The molecule has 0 aliphatic carbocycles. The highest BCUT2D eigenvalue weighted by atomic mass is 16.6. The number of carbonyl (C=O) groups is 5. The maximum absolute atomic E-state index is 13.2. The van der Waals surface area contributed by atoms with Gasteiger partial charge in [-0.05, 0) is 45.7 Å². The van der Waals surface area contributed by atoms with Crippen molar-refractivity contribution in [2.24, 2.45) is 0 Å². The highest BCUT2D eigenvalue weighted by Gasteiger charge is 2.45. The Kier molecular flexibility index (Phi) is 7.28. The van der Waals surface area contributed by atoms with Gasteiger partial charge in [0, 0.05) is 31.4 Å². The lowest BCUT2D eigenvalue weighted by atomic mass is 10.0. The summed E-state index contributed by atoms with van der Waals surface area (Å²) in [5.74, 6) is -2.19. The molecule has 12 nitrogen and oxygen atoms in total. The molecule has 2 aliphatic heterocycles. The lowest BCUT2D eigenvalue weighted by molar-refractivity contribution is -0.136. The van der Waals surface area contributed by atoms with E-state index in [1.807, 2.05) is 10.8 Å². The average Bonchev–Trinajstić information content (AvgIpc) is 3.37. The molecule has 0 saturated carbocycles. The van der Waals surface area contributed by atoms with Crippen LogP contribution in [-0.2, 0) is 27.4 Å². The molecule has 4 rings (SSSR count). The van der Waals surface area contributed by atoms with Gasteiger partial charge in [-0.1, -0.05) is 6.07 Å². The van der Waals surface area contributed by atoms with Crippen LogP contribution >= 0.6 is 0 Å². The first-order chi connectivity index (χ1) is 17.5. The van der Waals surface area contributed by atoms with Crippen molar-refractivity contribution < 1.29 is 28.7 Å². The standard InChI is InChI=1S/C25H30N6O6/c1-25(2,3)37-24(36)26-10-5-11-30-13-15(28-14-30)12-27-17-7-4-6-16-20(17)23(35)31(22(16)34)18-8-9-19(32)29-21(18)33/h4,6-7,13-14,18,27H,5,8-12H2,1-3H3,(H,26,36)(H,29,32,33). The van der Waals surface area contributed by atoms with Crippen LogP contribution in [0, 0.1) is 0 Å². The Morgan fingerprint density at radius 1 is 1.19 bits per heavy atom. The second-order valence-electron chi connectivity index (χ2n) is 9.91. The SMILES string of the molecule is CC(C)(C)OC(=O)NCCCn1cnc(CNc2cccc3c2C(=O)N(C2CCC(=O)NC2=O)C3=O)c1. The summed E-state index contributed by atoms with van der Waals surface area (Å²) in [5, 5.41) is 8.07. The monoisotopic (exact) mass is 510 g/mol. The van der Waals surface area contributed by atoms with Gasteiger partial charge in [0.2, 0.25) is 11.8 Å². The normalized spacial score (nSPS) is 17.5. The van der Waals surface area contributed by atoms with E-state index in [1.54, 1.807) is 45.3 Å². The number of benzene rings is 1. The Morgan fingerprint density at radius 3 is 2.70 bits per heavy atom. The molecular weight excluding hydrogens is 480 g/mol. The molecule has 2 aromatic rings. The fourth-order valence-corrected chi connectivity index (χ4v) is 4.23. The van der Waals surface area contributed by atoms with Gasteiger partial charge in [0.25, 0.3) is 11.8 Å². The topological polar surface area (TPSA) is 152 Å². The number of alkyl carbamates (subject to hydrolysis) is 1. The van der Waals surface area contributed by atoms with Crippen molar-refractivity contribution in [3.63, 3.8) is 0 Å². The number of aromatic nitrogens is 2. The van der Waals surface area contributed by atoms with Gasteiger partial charge >= 0.3 is 6.09 Å². The van der Waals surface area contributed by atoms with Crippen LogP contribution in [0.25, 0.3) is 0 Å². The number of hydrogen-bond acceptors (Lipinski definition) is 8. The molecular formula is C25H30N6O6. The van der Waals surface area contributed by atoms with Gasteiger partial charge in [0.05, 0.1) is 29.7 Å². The molecule has 3 heterocycles. The maximum Gasteiger partial charge on any atom is 0.407 e. The molecule has 1 unspecified atom stereocenters. The van der Waals surface area contributed by atoms with Crippen molar-refractivity contribution in [2.45, 2.75) is 64.8 Å². The molecule has 196 valence electrons. The smallest absolute Gasteiger partial charge is 0.407 e. The van der Waals surface area contributed by atoms with E-state index in [2.05, 4.69) is 20.9 Å². The minimum atomic E-state index is -1.02. The van der Waals surface area contributed by atoms with E-state index in [-0.39, 0.29) is 24.0 Å². The molecule has 1 aromatic heterocycles. The predicted molar refractivity (Wildman–Crippen MR) is 132 cm³/mol. The van der Waals surface area contributed by atoms with E-state index >= 15 is 0 Å². The molecule has 3 N–H and O–H groups in total. The van der Waals surface area contributed by atoms with Crippen molar-refractivity contribution in [3.05, 3.63) is 47.5 Å². The van der Waals surface area contributed by atoms with Crippen LogP contribution in [0.2, 0.25) is 0 Å². The number of fused-ring (bicyclic) bond motifs is 1. The van der Waals surface area contributed by atoms with Crippen molar-refractivity contribution in [2.75, 3.05) is 11.9 Å². The Hall–Kier alpha value is -4.22. The molecule has 5 amide bonds. The number of rotatable bonds is 8. The maximum atomic E-state index is 13.2. The van der Waals surface area contributed by atoms with Gasteiger partial charge in [-0.2, -0.15) is 0 Å². The third-order valence-electron chi connectivity index (χ3n) is 5.88. The summed E-state index contributed by atoms with van der Waals surface area (Å²) < 4.78 is 7.10. The van der Waals surface area contributed by atoms with Crippen molar-refractivity contribution in [1.29, 1.82) is 0 Å². The average molecular weight is 511 g/mol. The summed E-state index contributed by atoms with van der Waals surface area (Å²) >= 11 is 0. The highest BCUT2D eigenvalue weighted by Crippen LogP contribution is 2.32. The number of nitrogens with zero attached hydrogens (tertiary/aromatic N) is 3. The van der Waals surface area contributed by atoms with Crippen LogP contribution in [0.15, 0.2) is 30.7 Å². The van der Waals surface area contributed by atoms with Gasteiger partial charge < -0.3 is 19.9 Å². The Balaban J connectivity index is 1.33. The minimum absolute atomic E-state index is 0.0641. The quantitative estimate of drug-likeness (QED) is 0.359. The number of aryl methyl sites for hydroxylation is 1. The van der Waals surface area contributed by atoms with Crippen LogP contribution in [0.4, 0.5) is 10.5 Å². The summed E-state index contributed by atoms with van der Waals surface area (Å²) in [4.78, 5) is 66.9. The third-order valence-corrected chi connectivity index (χ3v) is 5.88. The fraction of sp³-hybridized carbons (Fsp3) is 0.440. The van der Waals surface area contributed by atoms with Crippen LogP contribution in [0.1, 0.15) is 66.4 Å². The summed E-state index contributed by atoms with van der Waals surface area (Å²) in [7, 11) is 0. The van der Waals surface area contributed by atoms with Crippen LogP contribution in [-0.4, -0.2) is 62.4 Å². The molecule has 0 spiro atoms. The number of anilines is 1. The lowest BCUT2D eigenvalue weighted by Crippen LogP contribution is -2.54. The largest absolute Gasteiger partial charge is 0.444 e. The highest BCUT2D eigenvalue weighted by molar-refractivity contribution is 6.25. The van der Waals surface area contributed by atoms with E-state index in [0.29, 0.717) is 31.7 Å². The Bertz CT molecular complexity index is 1250. The van der Waals surface area contributed by atoms with Gasteiger partial charge in [-0.3, -0.25) is 29.4 Å². The van der Waals surface area contributed by atoms with Gasteiger partial charge in [-0.25, -0.2) is 9.78 Å². The van der Waals surface area contributed by atoms with Crippen LogP contribution in [0.3, 0.4) is 0 Å². The summed E-state index contributed by atoms with van der Waals surface area (Å²) in [6.07, 6.45) is 3.92. The van der Waals surface area contributed by atoms with Crippen LogP contribution in [0.5, 0.6) is 0 Å². The zero-order chi connectivity index (χ0) is 26.7. The second kappa shape index (κ2) is 10.4. The van der Waals surface area contributed by atoms with E-state index in [0.717, 1.165) is 10.6 Å². The molecule has 0 bridgehead atoms. The van der Waals surface area contributed by atoms with Gasteiger partial charge in [-0.15, -0.1) is 0 Å². The van der Waals surface area contributed by atoms with Gasteiger partial charge in [0.1, 0.15) is 11.6 Å². The molecule has 37 heavy (non-hydrogen) atoms. The number of amides is 5. The number of ether oxygens (including phenoxy) is 1. The second-order valence-corrected chi connectivity index (χ2v) is 9.91. The van der Waals surface area contributed by atoms with Crippen molar-refractivity contribution >= 4 is 35.4 Å². The number of imidazole rings is 1. The molecule has 2 aliphatic rings. The summed E-state index contributed by atoms with van der Waals surface area (Å²) in [5.41, 5.74) is 1.04. The summed E-state index contributed by atoms with van der Waals surface area (Å²) in [6.45, 7) is 6.81. The fourth-order valence-electron chi connectivity index (χ4n) is 4.23. The molecule has 1 aromatic carbocycles. The zero-order valence-electron chi connectivity index (χ0n) is 21.0. The number of nitrogens with one attached hydrogen (secondary N) is 3. The lowest BCUT2D eigenvalue weighted by Gasteiger charge is -2.27. The number of carbonyl (C=O) groups excluding carboxylic acids is 5. The van der Waals surface area contributed by atoms with E-state index in [1.165, 1.54) is 0 Å². The first-order valence-corrected chi connectivity index (χ1v) is 12.1. The van der Waals surface area contributed by atoms with E-state index in [4.69, 9.17) is 4.74 Å². The first-order valence-electron chi connectivity index (χ1n) is 12.1. The third kappa shape index (κ3) is 5.96. The Labute approximate surface area is 213 Å². The molecule has 1 atom stereocenters. The number of hydrogen-bond donors (Lipinski definition) is 3. The number of piperidine rings is 1. The van der Waals surface area contributed by atoms with Gasteiger partial charge in [0.15, 0.2) is 0 Å². The van der Waals surface area contributed by atoms with E-state index in [9.17, 15) is 24.0 Å². The number of imide groups is 2. The summed E-state index contributed by atoms with van der Waals surface area (Å²) in [6, 6.07) is 3.89. The van der Waals surface area contributed by atoms with Crippen molar-refractivity contribution in [3.8, 4) is 0 Å².